The van der Waals surface area contributed by atoms with Gasteiger partial charge in [-0.2, -0.15) is 0 Å². The van der Waals surface area contributed by atoms with Crippen LogP contribution in [0.3, 0.4) is 0 Å². The van der Waals surface area contributed by atoms with Crippen molar-refractivity contribution in [2.45, 2.75) is 38.1 Å². The van der Waals surface area contributed by atoms with Gasteiger partial charge in [0.2, 0.25) is 5.91 Å². The highest BCUT2D eigenvalue weighted by Gasteiger charge is 2.25. The van der Waals surface area contributed by atoms with E-state index in [1.165, 1.54) is 25.9 Å². The molecule has 1 unspecified atom stereocenters. The Labute approximate surface area is 92.4 Å². The zero-order chi connectivity index (χ0) is 10.7. The first-order valence-corrected chi connectivity index (χ1v) is 6.12. The van der Waals surface area contributed by atoms with Gasteiger partial charge in [0.1, 0.15) is 0 Å². The maximum absolute atomic E-state index is 11.5. The third-order valence-corrected chi connectivity index (χ3v) is 3.53. The Bertz CT molecular complexity index is 224. The molecule has 0 saturated carbocycles. The van der Waals surface area contributed by atoms with Crippen LogP contribution in [0.15, 0.2) is 0 Å². The number of hydrogen-bond acceptors (Lipinski definition) is 2. The minimum Gasteiger partial charge on any atom is -0.340 e. The third kappa shape index (κ3) is 2.71. The smallest absolute Gasteiger partial charge is 0.222 e. The van der Waals surface area contributed by atoms with Gasteiger partial charge in [0.25, 0.3) is 0 Å². The molecule has 0 aromatic heterocycles. The molecule has 1 radical (unpaired) electrons. The molecule has 2 rings (SSSR count). The number of hydrogen-bond donors (Lipinski definition) is 0. The van der Waals surface area contributed by atoms with Gasteiger partial charge in [-0.15, -0.1) is 0 Å². The molecular weight excluding hydrogens is 188 g/mol. The van der Waals surface area contributed by atoms with Crippen LogP contribution in [0.4, 0.5) is 0 Å². The second-order valence-corrected chi connectivity index (χ2v) is 4.68. The number of nitrogens with zero attached hydrogens (tertiary/aromatic N) is 2. The summed E-state index contributed by atoms with van der Waals surface area (Å²) in [4.78, 5) is 15.9. The fourth-order valence-electron chi connectivity index (χ4n) is 2.55. The quantitative estimate of drug-likeness (QED) is 0.696. The van der Waals surface area contributed by atoms with E-state index in [2.05, 4.69) is 11.8 Å². The molecule has 1 atom stereocenters. The van der Waals surface area contributed by atoms with Crippen LogP contribution in [0.25, 0.3) is 0 Å². The summed E-state index contributed by atoms with van der Waals surface area (Å²) >= 11 is 0. The normalized spacial score (nSPS) is 25.1. The highest BCUT2D eigenvalue weighted by atomic mass is 16.2. The van der Waals surface area contributed by atoms with E-state index < -0.39 is 0 Å². The second-order valence-electron chi connectivity index (χ2n) is 4.68. The third-order valence-electron chi connectivity index (χ3n) is 3.53. The summed E-state index contributed by atoms with van der Waals surface area (Å²) in [5, 5.41) is 0. The van der Waals surface area contributed by atoms with Crippen LogP contribution in [0.2, 0.25) is 0 Å². The van der Waals surface area contributed by atoms with Crippen molar-refractivity contribution in [1.29, 1.82) is 0 Å². The van der Waals surface area contributed by atoms with Gasteiger partial charge in [-0.25, -0.2) is 0 Å². The predicted octanol–water partition coefficient (Wildman–Crippen LogP) is 1.30. The summed E-state index contributed by atoms with van der Waals surface area (Å²) in [6, 6.07) is 0.195. The number of carbonyl (C=O) groups excluding carboxylic acids is 1. The Kier molecular flexibility index (Phi) is 3.62. The van der Waals surface area contributed by atoms with Crippen LogP contribution in [0, 0.1) is 6.92 Å². The molecule has 3 nitrogen and oxygen atoms in total. The number of carbonyl (C=O) groups is 1. The van der Waals surface area contributed by atoms with Crippen molar-refractivity contribution in [2.24, 2.45) is 0 Å². The van der Waals surface area contributed by atoms with Crippen molar-refractivity contribution in [3.63, 3.8) is 0 Å². The van der Waals surface area contributed by atoms with Crippen molar-refractivity contribution >= 4 is 5.91 Å². The lowest BCUT2D eigenvalue weighted by molar-refractivity contribution is -0.129. The van der Waals surface area contributed by atoms with Crippen molar-refractivity contribution in [3.8, 4) is 0 Å². The highest BCUT2D eigenvalue weighted by Crippen LogP contribution is 2.16. The zero-order valence-corrected chi connectivity index (χ0v) is 9.45. The molecule has 0 N–H and O–H groups in total. The highest BCUT2D eigenvalue weighted by molar-refractivity contribution is 5.78. The molecule has 15 heavy (non-hydrogen) atoms. The lowest BCUT2D eigenvalue weighted by atomic mass is 10.2. The minimum atomic E-state index is 0.195. The fourth-order valence-corrected chi connectivity index (χ4v) is 2.55. The summed E-state index contributed by atoms with van der Waals surface area (Å²) in [5.41, 5.74) is 0. The van der Waals surface area contributed by atoms with Gasteiger partial charge < -0.3 is 9.80 Å². The van der Waals surface area contributed by atoms with Crippen LogP contribution < -0.4 is 0 Å². The van der Waals surface area contributed by atoms with Crippen molar-refractivity contribution in [1.82, 2.24) is 9.80 Å². The Balaban J connectivity index is 1.71. The number of likely N-dealkylation sites (tertiary alicyclic amines) is 2. The molecule has 0 aromatic rings. The van der Waals surface area contributed by atoms with E-state index in [9.17, 15) is 4.79 Å². The largest absolute Gasteiger partial charge is 0.340 e. The minimum absolute atomic E-state index is 0.195. The maximum atomic E-state index is 11.5. The van der Waals surface area contributed by atoms with Crippen LogP contribution in [0.1, 0.15) is 32.1 Å². The van der Waals surface area contributed by atoms with E-state index in [1.807, 2.05) is 4.90 Å². The molecule has 0 aliphatic carbocycles. The Morgan fingerprint density at radius 3 is 2.53 bits per heavy atom. The van der Waals surface area contributed by atoms with E-state index in [-0.39, 0.29) is 6.04 Å². The molecular formula is C12H21N2O. The summed E-state index contributed by atoms with van der Waals surface area (Å²) < 4.78 is 0. The monoisotopic (exact) mass is 209 g/mol. The molecule has 2 aliphatic rings. The predicted molar refractivity (Wildman–Crippen MR) is 60.4 cm³/mol. The van der Waals surface area contributed by atoms with E-state index in [4.69, 9.17) is 0 Å². The number of rotatable bonds is 4. The molecule has 0 spiro atoms. The van der Waals surface area contributed by atoms with Crippen LogP contribution in [-0.2, 0) is 4.79 Å². The van der Waals surface area contributed by atoms with Gasteiger partial charge in [0.15, 0.2) is 0 Å². The molecule has 85 valence electrons. The average Bonchev–Trinajstić information content (AvgIpc) is 2.84. The van der Waals surface area contributed by atoms with E-state index in [1.54, 1.807) is 0 Å². The van der Waals surface area contributed by atoms with Gasteiger partial charge in [0.05, 0.1) is 0 Å². The van der Waals surface area contributed by atoms with E-state index in [0.29, 0.717) is 5.91 Å². The molecule has 2 aliphatic heterocycles. The molecule has 1 amide bonds. The van der Waals surface area contributed by atoms with Crippen LogP contribution in [-0.4, -0.2) is 47.9 Å². The average molecular weight is 209 g/mol. The Hall–Kier alpha value is -0.570. The first-order valence-electron chi connectivity index (χ1n) is 6.12. The van der Waals surface area contributed by atoms with Gasteiger partial charge in [0, 0.05) is 25.6 Å². The zero-order valence-electron chi connectivity index (χ0n) is 9.45. The standard InChI is InChI=1S/C12H21N2O/c1-11(14-9-4-5-12(14)15)6-10-13-7-2-3-8-13/h11H,1-10H2. The SMILES string of the molecule is [CH2]C(CCN1CCCC1)N1CCCC1=O. The first-order chi connectivity index (χ1) is 7.27. The molecule has 3 heteroatoms. The summed E-state index contributed by atoms with van der Waals surface area (Å²) in [6.45, 7) is 8.62. The lowest BCUT2D eigenvalue weighted by Gasteiger charge is -2.26. The molecule has 0 bridgehead atoms. The van der Waals surface area contributed by atoms with E-state index in [0.717, 1.165) is 32.4 Å². The van der Waals surface area contributed by atoms with Crippen LogP contribution in [0.5, 0.6) is 0 Å². The summed E-state index contributed by atoms with van der Waals surface area (Å²) in [7, 11) is 0. The van der Waals surface area contributed by atoms with E-state index >= 15 is 0 Å². The topological polar surface area (TPSA) is 23.6 Å². The Morgan fingerprint density at radius 2 is 1.93 bits per heavy atom. The van der Waals surface area contributed by atoms with Gasteiger partial charge in [-0.3, -0.25) is 4.79 Å². The number of amides is 1. The van der Waals surface area contributed by atoms with Gasteiger partial charge >= 0.3 is 0 Å². The summed E-state index contributed by atoms with van der Waals surface area (Å²) in [5.74, 6) is 0.302. The molecule has 0 aromatic carbocycles. The van der Waals surface area contributed by atoms with Crippen molar-refractivity contribution < 1.29 is 4.79 Å². The molecule has 2 fully saturated rings. The van der Waals surface area contributed by atoms with Gasteiger partial charge in [-0.05, 0) is 45.7 Å². The molecule has 2 heterocycles. The van der Waals surface area contributed by atoms with Gasteiger partial charge in [-0.1, -0.05) is 0 Å². The fraction of sp³-hybridized carbons (Fsp3) is 0.833. The summed E-state index contributed by atoms with van der Waals surface area (Å²) in [6.07, 6.45) is 5.46. The maximum Gasteiger partial charge on any atom is 0.222 e. The molecule has 2 saturated heterocycles. The van der Waals surface area contributed by atoms with Crippen molar-refractivity contribution in [3.05, 3.63) is 6.92 Å². The first kappa shape index (κ1) is 10.9. The second kappa shape index (κ2) is 4.97. The van der Waals surface area contributed by atoms with Crippen molar-refractivity contribution in [2.75, 3.05) is 26.2 Å². The Morgan fingerprint density at radius 1 is 1.20 bits per heavy atom. The van der Waals surface area contributed by atoms with Crippen LogP contribution >= 0.6 is 0 Å². The lowest BCUT2D eigenvalue weighted by Crippen LogP contribution is -2.36.